The van der Waals surface area contributed by atoms with Crippen molar-refractivity contribution < 1.29 is 23.8 Å². The van der Waals surface area contributed by atoms with Gasteiger partial charge in [-0.25, -0.2) is 4.79 Å². The summed E-state index contributed by atoms with van der Waals surface area (Å²) < 4.78 is 16.2. The second-order valence-corrected chi connectivity index (χ2v) is 7.10. The van der Waals surface area contributed by atoms with Gasteiger partial charge in [-0.05, 0) is 41.5 Å². The molecule has 0 aromatic rings. The maximum absolute atomic E-state index is 12.5. The number of carbonyl (C=O) groups excluding carboxylic acids is 2. The SMILES string of the molecule is CCOC(=O)[C@H]1N[C@H]1[C@@H]1COC(C)(C)N1C(=O)OC(C)(C)C. The molecule has 0 aromatic heterocycles. The molecule has 7 heteroatoms. The Kier molecular flexibility index (Phi) is 4.41. The zero-order valence-electron chi connectivity index (χ0n) is 14.1. The molecular formula is C15H26N2O5. The Balaban J connectivity index is 2.08. The van der Waals surface area contributed by atoms with Crippen LogP contribution in [0, 0.1) is 0 Å². The lowest BCUT2D eigenvalue weighted by Crippen LogP contribution is -2.52. The first-order valence-corrected chi connectivity index (χ1v) is 7.66. The highest BCUT2D eigenvalue weighted by atomic mass is 16.6. The minimum atomic E-state index is -0.767. The number of rotatable bonds is 3. The van der Waals surface area contributed by atoms with Gasteiger partial charge in [0.15, 0.2) is 0 Å². The van der Waals surface area contributed by atoms with Crippen LogP contribution >= 0.6 is 0 Å². The second kappa shape index (κ2) is 5.70. The summed E-state index contributed by atoms with van der Waals surface area (Å²) in [5.74, 6) is -0.290. The Labute approximate surface area is 131 Å². The standard InChI is InChI=1S/C15H26N2O5/c1-7-20-12(18)11-10(16-11)9-8-21-15(5,6)17(9)13(19)22-14(2,3)4/h9-11,16H,7-8H2,1-6H3/t9-,10-,11-/m0/s1. The van der Waals surface area contributed by atoms with Crippen molar-refractivity contribution in [2.45, 2.75) is 71.0 Å². The normalized spacial score (nSPS) is 30.1. The lowest BCUT2D eigenvalue weighted by molar-refractivity contribution is -0.142. The fourth-order valence-electron chi connectivity index (χ4n) is 2.70. The Morgan fingerprint density at radius 2 is 2.00 bits per heavy atom. The van der Waals surface area contributed by atoms with Crippen LogP contribution in [-0.4, -0.2) is 59.6 Å². The summed E-state index contributed by atoms with van der Waals surface area (Å²) in [6.45, 7) is 11.6. The van der Waals surface area contributed by atoms with E-state index >= 15 is 0 Å². The van der Waals surface area contributed by atoms with Crippen molar-refractivity contribution >= 4 is 12.1 Å². The molecule has 0 aromatic carbocycles. The number of nitrogens with one attached hydrogen (secondary N) is 1. The van der Waals surface area contributed by atoms with E-state index in [9.17, 15) is 9.59 Å². The van der Waals surface area contributed by atoms with Gasteiger partial charge in [0.25, 0.3) is 0 Å². The summed E-state index contributed by atoms with van der Waals surface area (Å²) in [5, 5.41) is 3.08. The molecule has 0 radical (unpaired) electrons. The molecule has 126 valence electrons. The van der Waals surface area contributed by atoms with Crippen LogP contribution in [0.5, 0.6) is 0 Å². The summed E-state index contributed by atoms with van der Waals surface area (Å²) in [6, 6.07) is -0.792. The van der Waals surface area contributed by atoms with Gasteiger partial charge in [0, 0.05) is 0 Å². The number of hydrogen-bond donors (Lipinski definition) is 1. The highest BCUT2D eigenvalue weighted by Gasteiger charge is 2.57. The third kappa shape index (κ3) is 3.52. The molecule has 2 rings (SSSR count). The predicted octanol–water partition coefficient (Wildman–Crippen LogP) is 1.26. The Bertz CT molecular complexity index is 457. The van der Waals surface area contributed by atoms with Gasteiger partial charge in [-0.15, -0.1) is 0 Å². The minimum Gasteiger partial charge on any atom is -0.465 e. The third-order valence-corrected chi connectivity index (χ3v) is 3.69. The molecule has 1 N–H and O–H groups in total. The molecule has 2 fully saturated rings. The van der Waals surface area contributed by atoms with E-state index < -0.39 is 17.4 Å². The molecule has 0 saturated carbocycles. The van der Waals surface area contributed by atoms with Crippen molar-refractivity contribution in [3.8, 4) is 0 Å². The zero-order chi connectivity index (χ0) is 16.7. The van der Waals surface area contributed by atoms with Crippen molar-refractivity contribution in [2.75, 3.05) is 13.2 Å². The van der Waals surface area contributed by atoms with Crippen LogP contribution < -0.4 is 5.32 Å². The van der Waals surface area contributed by atoms with Gasteiger partial charge in [-0.2, -0.15) is 0 Å². The van der Waals surface area contributed by atoms with Gasteiger partial charge in [0.2, 0.25) is 0 Å². The number of ether oxygens (including phenoxy) is 3. The average Bonchev–Trinajstić information content (AvgIpc) is 3.06. The van der Waals surface area contributed by atoms with Gasteiger partial charge in [0.05, 0.1) is 25.3 Å². The summed E-state index contributed by atoms with van der Waals surface area (Å²) in [4.78, 5) is 25.9. The predicted molar refractivity (Wildman–Crippen MR) is 79.2 cm³/mol. The molecule has 2 heterocycles. The van der Waals surface area contributed by atoms with Gasteiger partial charge in [-0.1, -0.05) is 0 Å². The fraction of sp³-hybridized carbons (Fsp3) is 0.867. The van der Waals surface area contributed by atoms with Gasteiger partial charge < -0.3 is 14.2 Å². The lowest BCUT2D eigenvalue weighted by atomic mass is 10.1. The number of amides is 1. The van der Waals surface area contributed by atoms with E-state index in [1.165, 1.54) is 0 Å². The number of esters is 1. The van der Waals surface area contributed by atoms with Crippen LogP contribution in [0.4, 0.5) is 4.79 Å². The first-order valence-electron chi connectivity index (χ1n) is 7.66. The molecule has 2 saturated heterocycles. The molecule has 1 amide bonds. The summed E-state index contributed by atoms with van der Waals surface area (Å²) in [5.41, 5.74) is -1.35. The quantitative estimate of drug-likeness (QED) is 0.623. The van der Waals surface area contributed by atoms with E-state index in [0.717, 1.165) is 0 Å². The van der Waals surface area contributed by atoms with E-state index in [1.807, 2.05) is 34.6 Å². The van der Waals surface area contributed by atoms with Crippen LogP contribution in [0.3, 0.4) is 0 Å². The van der Waals surface area contributed by atoms with Crippen molar-refractivity contribution in [1.82, 2.24) is 10.2 Å². The topological polar surface area (TPSA) is 87.0 Å². The summed E-state index contributed by atoms with van der Waals surface area (Å²) in [6.07, 6.45) is -0.434. The maximum atomic E-state index is 12.5. The molecule has 0 unspecified atom stereocenters. The first kappa shape index (κ1) is 17.0. The number of hydrogen-bond acceptors (Lipinski definition) is 6. The van der Waals surface area contributed by atoms with Crippen LogP contribution in [0.2, 0.25) is 0 Å². The smallest absolute Gasteiger partial charge is 0.412 e. The molecule has 2 aliphatic heterocycles. The average molecular weight is 314 g/mol. The van der Waals surface area contributed by atoms with Gasteiger partial charge >= 0.3 is 12.1 Å². The molecular weight excluding hydrogens is 288 g/mol. The number of nitrogens with zero attached hydrogens (tertiary/aromatic N) is 1. The van der Waals surface area contributed by atoms with E-state index in [0.29, 0.717) is 13.2 Å². The molecule has 3 atom stereocenters. The highest BCUT2D eigenvalue weighted by molar-refractivity contribution is 5.81. The monoisotopic (exact) mass is 314 g/mol. The van der Waals surface area contributed by atoms with Gasteiger partial charge in [-0.3, -0.25) is 15.0 Å². The Morgan fingerprint density at radius 3 is 2.55 bits per heavy atom. The van der Waals surface area contributed by atoms with Crippen molar-refractivity contribution in [3.05, 3.63) is 0 Å². The van der Waals surface area contributed by atoms with Crippen LogP contribution in [-0.2, 0) is 19.0 Å². The lowest BCUT2D eigenvalue weighted by Gasteiger charge is -2.35. The summed E-state index contributed by atoms with van der Waals surface area (Å²) in [7, 11) is 0. The molecule has 2 aliphatic rings. The van der Waals surface area contributed by atoms with Gasteiger partial charge in [0.1, 0.15) is 17.4 Å². The van der Waals surface area contributed by atoms with E-state index in [-0.39, 0.29) is 24.1 Å². The maximum Gasteiger partial charge on any atom is 0.412 e. The van der Waals surface area contributed by atoms with Crippen LogP contribution in [0.15, 0.2) is 0 Å². The Hall–Kier alpha value is -1.34. The first-order chi connectivity index (χ1) is 10.1. The molecule has 7 nitrogen and oxygen atoms in total. The molecule has 0 aliphatic carbocycles. The number of carbonyl (C=O) groups is 2. The van der Waals surface area contributed by atoms with E-state index in [4.69, 9.17) is 14.2 Å². The van der Waals surface area contributed by atoms with Crippen LogP contribution in [0.1, 0.15) is 41.5 Å². The molecule has 22 heavy (non-hydrogen) atoms. The van der Waals surface area contributed by atoms with Crippen molar-refractivity contribution in [1.29, 1.82) is 0 Å². The van der Waals surface area contributed by atoms with Crippen molar-refractivity contribution in [2.24, 2.45) is 0 Å². The second-order valence-electron chi connectivity index (χ2n) is 7.10. The highest BCUT2D eigenvalue weighted by Crippen LogP contribution is 2.35. The zero-order valence-corrected chi connectivity index (χ0v) is 14.1. The van der Waals surface area contributed by atoms with Crippen LogP contribution in [0.25, 0.3) is 0 Å². The van der Waals surface area contributed by atoms with Crippen molar-refractivity contribution in [3.63, 3.8) is 0 Å². The molecule has 0 bridgehead atoms. The Morgan fingerprint density at radius 1 is 1.36 bits per heavy atom. The van der Waals surface area contributed by atoms with E-state index in [1.54, 1.807) is 11.8 Å². The van der Waals surface area contributed by atoms with E-state index in [2.05, 4.69) is 5.32 Å². The largest absolute Gasteiger partial charge is 0.465 e. The summed E-state index contributed by atoms with van der Waals surface area (Å²) >= 11 is 0. The molecule has 0 spiro atoms. The minimum absolute atomic E-state index is 0.159. The fourth-order valence-corrected chi connectivity index (χ4v) is 2.70. The third-order valence-electron chi connectivity index (χ3n) is 3.69.